The number of aromatic nitrogens is 2. The Labute approximate surface area is 143 Å². The van der Waals surface area contributed by atoms with Crippen LogP contribution in [0.2, 0.25) is 0 Å². The number of hydrogen-bond donors (Lipinski definition) is 0. The lowest BCUT2D eigenvalue weighted by molar-refractivity contribution is -0.137. The Morgan fingerprint density at radius 2 is 1.96 bits per heavy atom. The predicted octanol–water partition coefficient (Wildman–Crippen LogP) is 4.08. The van der Waals surface area contributed by atoms with Crippen LogP contribution in [0.25, 0.3) is 0 Å². The molecule has 1 aliphatic heterocycles. The summed E-state index contributed by atoms with van der Waals surface area (Å²) in [6.07, 6.45) is 0.529. The van der Waals surface area contributed by atoms with Gasteiger partial charge in [-0.25, -0.2) is 9.97 Å². The Kier molecular flexibility index (Phi) is 4.74. The van der Waals surface area contributed by atoms with Gasteiger partial charge in [-0.05, 0) is 44.0 Å². The number of benzene rings is 1. The molecule has 7 heteroatoms. The standard InChI is InChI=1S/C18H18F3N3O/c1-12(25)15-6-5-14(10-16(15)18(19,20)21)24-9-2-4-13(11-24)17-22-7-3-8-23-17/h3,5-8,10,13H,2,4,9,11H2,1H3. The third-order valence-corrected chi connectivity index (χ3v) is 4.43. The Hall–Kier alpha value is -2.44. The Bertz CT molecular complexity index is 762. The van der Waals surface area contributed by atoms with Gasteiger partial charge in [-0.15, -0.1) is 0 Å². The van der Waals surface area contributed by atoms with Gasteiger partial charge < -0.3 is 4.90 Å². The van der Waals surface area contributed by atoms with Gasteiger partial charge in [0.2, 0.25) is 0 Å². The number of halogens is 3. The highest BCUT2D eigenvalue weighted by atomic mass is 19.4. The predicted molar refractivity (Wildman–Crippen MR) is 87.7 cm³/mol. The van der Waals surface area contributed by atoms with Crippen molar-refractivity contribution in [3.05, 3.63) is 53.6 Å². The number of Topliss-reactive ketones (excluding diaryl/α,β-unsaturated/α-hetero) is 1. The summed E-state index contributed by atoms with van der Waals surface area (Å²) in [4.78, 5) is 21.9. The summed E-state index contributed by atoms with van der Waals surface area (Å²) in [6, 6.07) is 5.66. The topological polar surface area (TPSA) is 46.1 Å². The Balaban J connectivity index is 1.90. The van der Waals surface area contributed by atoms with E-state index >= 15 is 0 Å². The van der Waals surface area contributed by atoms with Crippen LogP contribution in [0, 0.1) is 0 Å². The van der Waals surface area contributed by atoms with Gasteiger partial charge in [0.15, 0.2) is 5.78 Å². The lowest BCUT2D eigenvalue weighted by atomic mass is 9.95. The summed E-state index contributed by atoms with van der Waals surface area (Å²) >= 11 is 0. The average Bonchev–Trinajstić information content (AvgIpc) is 2.61. The zero-order valence-electron chi connectivity index (χ0n) is 13.8. The van der Waals surface area contributed by atoms with Gasteiger partial charge in [0.05, 0.1) is 5.56 Å². The van der Waals surface area contributed by atoms with E-state index in [4.69, 9.17) is 0 Å². The van der Waals surface area contributed by atoms with E-state index in [9.17, 15) is 18.0 Å². The molecule has 2 heterocycles. The second kappa shape index (κ2) is 6.82. The highest BCUT2D eigenvalue weighted by Gasteiger charge is 2.35. The van der Waals surface area contributed by atoms with E-state index in [-0.39, 0.29) is 11.5 Å². The summed E-state index contributed by atoms with van der Waals surface area (Å²) in [5, 5.41) is 0. The third-order valence-electron chi connectivity index (χ3n) is 4.43. The van der Waals surface area contributed by atoms with E-state index in [1.54, 1.807) is 24.5 Å². The fraction of sp³-hybridized carbons (Fsp3) is 0.389. The van der Waals surface area contributed by atoms with Crippen molar-refractivity contribution in [1.82, 2.24) is 9.97 Å². The molecule has 132 valence electrons. The highest BCUT2D eigenvalue weighted by Crippen LogP contribution is 2.36. The lowest BCUT2D eigenvalue weighted by Crippen LogP contribution is -2.35. The van der Waals surface area contributed by atoms with Gasteiger partial charge in [-0.1, -0.05) is 0 Å². The molecule has 0 radical (unpaired) electrons. The van der Waals surface area contributed by atoms with Crippen molar-refractivity contribution in [3.8, 4) is 0 Å². The molecule has 4 nitrogen and oxygen atoms in total. The molecule has 0 spiro atoms. The molecular weight excluding hydrogens is 331 g/mol. The first kappa shape index (κ1) is 17.4. The molecule has 25 heavy (non-hydrogen) atoms. The molecule has 0 N–H and O–H groups in total. The average molecular weight is 349 g/mol. The minimum absolute atomic E-state index is 0.0803. The van der Waals surface area contributed by atoms with Gasteiger partial charge in [-0.2, -0.15) is 13.2 Å². The van der Waals surface area contributed by atoms with Crippen LogP contribution in [0.5, 0.6) is 0 Å². The molecule has 3 rings (SSSR count). The first-order valence-electron chi connectivity index (χ1n) is 8.10. The van der Waals surface area contributed by atoms with Crippen LogP contribution in [0.15, 0.2) is 36.7 Å². The number of rotatable bonds is 3. The number of hydrogen-bond acceptors (Lipinski definition) is 4. The van der Waals surface area contributed by atoms with Gasteiger partial charge in [0, 0.05) is 42.7 Å². The van der Waals surface area contributed by atoms with Gasteiger partial charge in [0.25, 0.3) is 0 Å². The second-order valence-corrected chi connectivity index (χ2v) is 6.18. The molecule has 0 amide bonds. The number of ketones is 1. The molecule has 1 aromatic carbocycles. The highest BCUT2D eigenvalue weighted by molar-refractivity contribution is 5.96. The summed E-state index contributed by atoms with van der Waals surface area (Å²) in [5.41, 5.74) is -0.704. The van der Waals surface area contributed by atoms with Gasteiger partial charge in [0.1, 0.15) is 5.82 Å². The maximum absolute atomic E-state index is 13.3. The van der Waals surface area contributed by atoms with E-state index in [1.165, 1.54) is 6.07 Å². The number of piperidine rings is 1. The van der Waals surface area contributed by atoms with Crippen LogP contribution in [0.3, 0.4) is 0 Å². The minimum atomic E-state index is -4.56. The number of alkyl halides is 3. The normalized spacial score (nSPS) is 18.2. The van der Waals surface area contributed by atoms with Crippen LogP contribution in [-0.4, -0.2) is 28.8 Å². The van der Waals surface area contributed by atoms with Crippen LogP contribution < -0.4 is 4.90 Å². The molecule has 1 fully saturated rings. The Morgan fingerprint density at radius 1 is 1.24 bits per heavy atom. The van der Waals surface area contributed by atoms with Crippen molar-refractivity contribution in [2.75, 3.05) is 18.0 Å². The molecule has 0 saturated carbocycles. The second-order valence-electron chi connectivity index (χ2n) is 6.18. The quantitative estimate of drug-likeness (QED) is 0.784. The van der Waals surface area contributed by atoms with Crippen molar-refractivity contribution in [2.45, 2.75) is 31.9 Å². The zero-order valence-corrected chi connectivity index (χ0v) is 13.8. The molecule has 0 aliphatic carbocycles. The molecule has 0 bridgehead atoms. The van der Waals surface area contributed by atoms with Crippen molar-refractivity contribution >= 4 is 11.5 Å². The third kappa shape index (κ3) is 3.81. The van der Waals surface area contributed by atoms with E-state index in [2.05, 4.69) is 9.97 Å². The molecule has 1 aliphatic rings. The van der Waals surface area contributed by atoms with Crippen molar-refractivity contribution in [1.29, 1.82) is 0 Å². The van der Waals surface area contributed by atoms with E-state index in [0.717, 1.165) is 25.8 Å². The van der Waals surface area contributed by atoms with Crippen LogP contribution in [0.1, 0.15) is 47.4 Å². The van der Waals surface area contributed by atoms with Gasteiger partial charge >= 0.3 is 6.18 Å². The van der Waals surface area contributed by atoms with Gasteiger partial charge in [-0.3, -0.25) is 4.79 Å². The monoisotopic (exact) mass is 349 g/mol. The first-order valence-corrected chi connectivity index (χ1v) is 8.10. The maximum atomic E-state index is 13.3. The molecule has 2 aromatic rings. The summed E-state index contributed by atoms with van der Waals surface area (Å²) in [5.74, 6) is 0.202. The maximum Gasteiger partial charge on any atom is 0.417 e. The smallest absolute Gasteiger partial charge is 0.371 e. The number of anilines is 1. The van der Waals surface area contributed by atoms with E-state index in [1.807, 2.05) is 4.90 Å². The van der Waals surface area contributed by atoms with Crippen molar-refractivity contribution in [3.63, 3.8) is 0 Å². The summed E-state index contributed by atoms with van der Waals surface area (Å²) < 4.78 is 39.9. The summed E-state index contributed by atoms with van der Waals surface area (Å²) in [7, 11) is 0. The molecule has 1 unspecified atom stereocenters. The number of nitrogens with zero attached hydrogens (tertiary/aromatic N) is 3. The van der Waals surface area contributed by atoms with E-state index in [0.29, 0.717) is 24.6 Å². The molecule has 1 aromatic heterocycles. The molecule has 1 saturated heterocycles. The summed E-state index contributed by atoms with van der Waals surface area (Å²) in [6.45, 7) is 2.37. The molecule has 1 atom stereocenters. The largest absolute Gasteiger partial charge is 0.417 e. The minimum Gasteiger partial charge on any atom is -0.371 e. The SMILES string of the molecule is CC(=O)c1ccc(N2CCCC(c3ncccn3)C2)cc1C(F)(F)F. The zero-order chi connectivity index (χ0) is 18.0. The molecular formula is C18H18F3N3O. The first-order chi connectivity index (χ1) is 11.9. The fourth-order valence-electron chi connectivity index (χ4n) is 3.21. The van der Waals surface area contributed by atoms with Crippen LogP contribution >= 0.6 is 0 Å². The fourth-order valence-corrected chi connectivity index (χ4v) is 3.21. The van der Waals surface area contributed by atoms with E-state index < -0.39 is 17.5 Å². The Morgan fingerprint density at radius 3 is 2.60 bits per heavy atom. The number of carbonyl (C=O) groups excluding carboxylic acids is 1. The van der Waals surface area contributed by atoms with Crippen molar-refractivity contribution in [2.24, 2.45) is 0 Å². The van der Waals surface area contributed by atoms with Crippen LogP contribution in [-0.2, 0) is 6.18 Å². The van der Waals surface area contributed by atoms with Crippen molar-refractivity contribution < 1.29 is 18.0 Å². The van der Waals surface area contributed by atoms with Crippen LogP contribution in [0.4, 0.5) is 18.9 Å². The lowest BCUT2D eigenvalue weighted by Gasteiger charge is -2.34. The number of carbonyl (C=O) groups is 1.